The lowest BCUT2D eigenvalue weighted by Gasteiger charge is -2.23. The standard InChI is InChI=1S/C11H17NO2S/c1-9(8-10-4-3-7-15-10)12(2)6-5-11(13)14/h3-4,7,9H,5-6,8H2,1-2H3,(H,13,14). The predicted molar refractivity (Wildman–Crippen MR) is 62.4 cm³/mol. The summed E-state index contributed by atoms with van der Waals surface area (Å²) in [6.07, 6.45) is 1.21. The highest BCUT2D eigenvalue weighted by atomic mass is 32.1. The van der Waals surface area contributed by atoms with Gasteiger partial charge in [0.1, 0.15) is 0 Å². The monoisotopic (exact) mass is 227 g/mol. The molecule has 1 aromatic heterocycles. The van der Waals surface area contributed by atoms with Crippen molar-refractivity contribution in [3.63, 3.8) is 0 Å². The number of thiophene rings is 1. The van der Waals surface area contributed by atoms with Crippen LogP contribution in [-0.4, -0.2) is 35.6 Å². The van der Waals surface area contributed by atoms with E-state index in [-0.39, 0.29) is 6.42 Å². The zero-order valence-corrected chi connectivity index (χ0v) is 9.96. The molecule has 1 atom stereocenters. The number of carbonyl (C=O) groups is 1. The van der Waals surface area contributed by atoms with Crippen LogP contribution in [0.3, 0.4) is 0 Å². The van der Waals surface area contributed by atoms with Crippen LogP contribution < -0.4 is 0 Å². The van der Waals surface area contributed by atoms with Crippen molar-refractivity contribution in [2.75, 3.05) is 13.6 Å². The fraction of sp³-hybridized carbons (Fsp3) is 0.545. The first-order valence-electron chi connectivity index (χ1n) is 5.04. The topological polar surface area (TPSA) is 40.5 Å². The first-order chi connectivity index (χ1) is 7.09. The minimum Gasteiger partial charge on any atom is -0.481 e. The molecule has 3 nitrogen and oxygen atoms in total. The van der Waals surface area contributed by atoms with Gasteiger partial charge < -0.3 is 10.0 Å². The highest BCUT2D eigenvalue weighted by Crippen LogP contribution is 2.13. The average Bonchev–Trinajstić information content (AvgIpc) is 2.66. The van der Waals surface area contributed by atoms with Crippen LogP contribution in [-0.2, 0) is 11.2 Å². The van der Waals surface area contributed by atoms with Gasteiger partial charge in [0.25, 0.3) is 0 Å². The van der Waals surface area contributed by atoms with E-state index >= 15 is 0 Å². The largest absolute Gasteiger partial charge is 0.481 e. The third-order valence-electron chi connectivity index (χ3n) is 2.51. The molecule has 4 heteroatoms. The Hall–Kier alpha value is -0.870. The number of nitrogens with zero attached hydrogens (tertiary/aromatic N) is 1. The highest BCUT2D eigenvalue weighted by molar-refractivity contribution is 7.09. The SMILES string of the molecule is CC(Cc1cccs1)N(C)CCC(=O)O. The molecule has 0 spiro atoms. The Morgan fingerprint density at radius 3 is 2.93 bits per heavy atom. The third-order valence-corrected chi connectivity index (χ3v) is 3.41. The van der Waals surface area contributed by atoms with Gasteiger partial charge in [-0.15, -0.1) is 11.3 Å². The second-order valence-corrected chi connectivity index (χ2v) is 4.79. The molecule has 0 fully saturated rings. The van der Waals surface area contributed by atoms with Crippen molar-refractivity contribution in [1.82, 2.24) is 4.90 Å². The summed E-state index contributed by atoms with van der Waals surface area (Å²) in [6, 6.07) is 4.55. The lowest BCUT2D eigenvalue weighted by molar-refractivity contribution is -0.137. The molecule has 84 valence electrons. The van der Waals surface area contributed by atoms with Gasteiger partial charge in [0.05, 0.1) is 6.42 Å². The van der Waals surface area contributed by atoms with E-state index in [0.29, 0.717) is 12.6 Å². The molecule has 1 rings (SSSR count). The molecule has 1 heterocycles. The lowest BCUT2D eigenvalue weighted by Crippen LogP contribution is -2.32. The van der Waals surface area contributed by atoms with Gasteiger partial charge in [-0.3, -0.25) is 4.79 Å². The van der Waals surface area contributed by atoms with E-state index in [1.54, 1.807) is 11.3 Å². The molecule has 0 aliphatic rings. The molecule has 0 amide bonds. The van der Waals surface area contributed by atoms with E-state index in [1.165, 1.54) is 4.88 Å². The molecule has 0 aromatic carbocycles. The maximum atomic E-state index is 10.4. The van der Waals surface area contributed by atoms with Crippen LogP contribution in [0.25, 0.3) is 0 Å². The Labute approximate surface area is 94.3 Å². The van der Waals surface area contributed by atoms with Gasteiger partial charge in [0.15, 0.2) is 0 Å². The summed E-state index contributed by atoms with van der Waals surface area (Å²) in [5.74, 6) is -0.731. The molecule has 1 aromatic rings. The van der Waals surface area contributed by atoms with Crippen LogP contribution in [0, 0.1) is 0 Å². The normalized spacial score (nSPS) is 13.0. The molecule has 0 radical (unpaired) electrons. The first-order valence-corrected chi connectivity index (χ1v) is 5.92. The summed E-state index contributed by atoms with van der Waals surface area (Å²) < 4.78 is 0. The second kappa shape index (κ2) is 5.88. The number of carboxylic acid groups (broad SMARTS) is 1. The first kappa shape index (κ1) is 12.2. The van der Waals surface area contributed by atoms with Gasteiger partial charge in [-0.1, -0.05) is 6.07 Å². The van der Waals surface area contributed by atoms with Crippen LogP contribution >= 0.6 is 11.3 Å². The van der Waals surface area contributed by atoms with Crippen LogP contribution in [0.15, 0.2) is 17.5 Å². The summed E-state index contributed by atoms with van der Waals surface area (Å²) in [7, 11) is 1.97. The maximum absolute atomic E-state index is 10.4. The van der Waals surface area contributed by atoms with Crippen molar-refractivity contribution in [3.8, 4) is 0 Å². The van der Waals surface area contributed by atoms with Crippen molar-refractivity contribution in [2.24, 2.45) is 0 Å². The van der Waals surface area contributed by atoms with Gasteiger partial charge >= 0.3 is 5.97 Å². The van der Waals surface area contributed by atoms with Crippen molar-refractivity contribution in [1.29, 1.82) is 0 Å². The third kappa shape index (κ3) is 4.44. The van der Waals surface area contributed by atoms with Crippen LogP contribution in [0.1, 0.15) is 18.2 Å². The molecule has 1 unspecified atom stereocenters. The Morgan fingerprint density at radius 1 is 1.67 bits per heavy atom. The summed E-state index contributed by atoms with van der Waals surface area (Å²) in [5.41, 5.74) is 0. The number of hydrogen-bond acceptors (Lipinski definition) is 3. The Kier molecular flexibility index (Phi) is 4.78. The number of rotatable bonds is 6. The van der Waals surface area contributed by atoms with Crippen molar-refractivity contribution >= 4 is 17.3 Å². The average molecular weight is 227 g/mol. The van der Waals surface area contributed by atoms with E-state index in [4.69, 9.17) is 5.11 Å². The summed E-state index contributed by atoms with van der Waals surface area (Å²) in [5, 5.41) is 10.6. The highest BCUT2D eigenvalue weighted by Gasteiger charge is 2.11. The quantitative estimate of drug-likeness (QED) is 0.809. The van der Waals surface area contributed by atoms with Gasteiger partial charge in [0.2, 0.25) is 0 Å². The van der Waals surface area contributed by atoms with Crippen molar-refractivity contribution < 1.29 is 9.90 Å². The number of carboxylic acids is 1. The zero-order chi connectivity index (χ0) is 11.3. The Morgan fingerprint density at radius 2 is 2.40 bits per heavy atom. The van der Waals surface area contributed by atoms with E-state index in [1.807, 2.05) is 13.1 Å². The minimum absolute atomic E-state index is 0.214. The van der Waals surface area contributed by atoms with Crippen molar-refractivity contribution in [2.45, 2.75) is 25.8 Å². The predicted octanol–water partition coefficient (Wildman–Crippen LogP) is 2.09. The molecule has 1 N–H and O–H groups in total. The van der Waals surface area contributed by atoms with Crippen molar-refractivity contribution in [3.05, 3.63) is 22.4 Å². The number of hydrogen-bond donors (Lipinski definition) is 1. The Bertz CT molecular complexity index is 298. The molecule has 0 aliphatic carbocycles. The molecule has 0 bridgehead atoms. The maximum Gasteiger partial charge on any atom is 0.304 e. The molecular weight excluding hydrogens is 210 g/mol. The van der Waals surface area contributed by atoms with Crippen LogP contribution in [0.2, 0.25) is 0 Å². The van der Waals surface area contributed by atoms with Gasteiger partial charge in [0, 0.05) is 17.5 Å². The molecule has 0 saturated carbocycles. The molecular formula is C11H17NO2S. The van der Waals surface area contributed by atoms with E-state index < -0.39 is 5.97 Å². The van der Waals surface area contributed by atoms with Crippen LogP contribution in [0.5, 0.6) is 0 Å². The number of aliphatic carboxylic acids is 1. The summed E-state index contributed by atoms with van der Waals surface area (Å²) >= 11 is 1.75. The molecule has 0 saturated heterocycles. The van der Waals surface area contributed by atoms with Gasteiger partial charge in [-0.2, -0.15) is 0 Å². The van der Waals surface area contributed by atoms with E-state index in [9.17, 15) is 4.79 Å². The fourth-order valence-corrected chi connectivity index (χ4v) is 2.19. The fourth-order valence-electron chi connectivity index (χ4n) is 1.37. The second-order valence-electron chi connectivity index (χ2n) is 3.76. The summed E-state index contributed by atoms with van der Waals surface area (Å²) in [6.45, 7) is 2.74. The smallest absolute Gasteiger partial charge is 0.304 e. The molecule has 0 aliphatic heterocycles. The Balaban J connectivity index is 2.33. The lowest BCUT2D eigenvalue weighted by atomic mass is 10.2. The molecule has 15 heavy (non-hydrogen) atoms. The summed E-state index contributed by atoms with van der Waals surface area (Å²) in [4.78, 5) is 13.9. The van der Waals surface area contributed by atoms with Crippen LogP contribution in [0.4, 0.5) is 0 Å². The zero-order valence-electron chi connectivity index (χ0n) is 9.14. The van der Waals surface area contributed by atoms with E-state index in [0.717, 1.165) is 6.42 Å². The van der Waals surface area contributed by atoms with Gasteiger partial charge in [-0.05, 0) is 31.8 Å². The minimum atomic E-state index is -0.731. The van der Waals surface area contributed by atoms with Gasteiger partial charge in [-0.25, -0.2) is 0 Å². The van der Waals surface area contributed by atoms with E-state index in [2.05, 4.69) is 23.3 Å². The number of likely N-dealkylation sites (N-methyl/N-ethyl adjacent to an activating group) is 1.